The van der Waals surface area contributed by atoms with Gasteiger partial charge in [0.15, 0.2) is 0 Å². The van der Waals surface area contributed by atoms with E-state index in [4.69, 9.17) is 4.74 Å². The van der Waals surface area contributed by atoms with Crippen LogP contribution in [0.5, 0.6) is 0 Å². The van der Waals surface area contributed by atoms with Crippen molar-refractivity contribution in [3.63, 3.8) is 0 Å². The van der Waals surface area contributed by atoms with Gasteiger partial charge in [0.25, 0.3) is 0 Å². The van der Waals surface area contributed by atoms with Crippen LogP contribution in [0.2, 0.25) is 0 Å². The summed E-state index contributed by atoms with van der Waals surface area (Å²) in [7, 11) is 0. The van der Waals surface area contributed by atoms with Crippen LogP contribution in [0.4, 0.5) is 18.0 Å². The molecule has 162 valence electrons. The van der Waals surface area contributed by atoms with Gasteiger partial charge in [0.05, 0.1) is 31.4 Å². The number of likely N-dealkylation sites (tertiary alicyclic amines) is 1. The van der Waals surface area contributed by atoms with Crippen LogP contribution in [0, 0.1) is 3.57 Å². The van der Waals surface area contributed by atoms with Gasteiger partial charge in [-0.1, -0.05) is 30.3 Å². The average Bonchev–Trinajstić information content (AvgIpc) is 2.58. The third-order valence-corrected chi connectivity index (χ3v) is 5.40. The van der Waals surface area contributed by atoms with Crippen molar-refractivity contribution >= 4 is 28.6 Å². The molecule has 3 rings (SSSR count). The highest BCUT2D eigenvalue weighted by molar-refractivity contribution is 14.1. The van der Waals surface area contributed by atoms with Crippen molar-refractivity contribution in [2.24, 2.45) is 0 Å². The van der Waals surface area contributed by atoms with E-state index in [-0.39, 0.29) is 35.4 Å². The zero-order valence-corrected chi connectivity index (χ0v) is 19.2. The lowest BCUT2D eigenvalue weighted by atomic mass is 9.95. The van der Waals surface area contributed by atoms with Crippen LogP contribution in [0.3, 0.4) is 0 Å². The maximum atomic E-state index is 13.9. The molecule has 0 saturated carbocycles. The minimum atomic E-state index is -4.50. The summed E-state index contributed by atoms with van der Waals surface area (Å²) in [5, 5.41) is 2.86. The summed E-state index contributed by atoms with van der Waals surface area (Å²) in [4.78, 5) is 13.7. The molecule has 2 aromatic carbocycles. The summed E-state index contributed by atoms with van der Waals surface area (Å²) in [6.07, 6.45) is -4.78. The molecule has 0 spiro atoms. The fraction of sp³-hybridized carbons (Fsp3) is 0.409. The number of alkyl halides is 3. The summed E-state index contributed by atoms with van der Waals surface area (Å²) >= 11 is 2.12. The Hall–Kier alpha value is -1.81. The van der Waals surface area contributed by atoms with Gasteiger partial charge < -0.3 is 15.0 Å². The summed E-state index contributed by atoms with van der Waals surface area (Å²) in [5.41, 5.74) is -0.275. The molecule has 1 aliphatic rings. The molecule has 2 aromatic rings. The van der Waals surface area contributed by atoms with Crippen molar-refractivity contribution in [3.05, 3.63) is 57.2 Å². The molecule has 1 saturated heterocycles. The summed E-state index contributed by atoms with van der Waals surface area (Å²) in [6.45, 7) is 6.22. The van der Waals surface area contributed by atoms with Crippen molar-refractivity contribution in [1.82, 2.24) is 10.2 Å². The Bertz CT molecular complexity index is 902. The number of carbonyl (C=O) groups excluding carboxylic acids is 1. The first-order valence-electron chi connectivity index (χ1n) is 9.58. The Labute approximate surface area is 187 Å². The fourth-order valence-corrected chi connectivity index (χ4v) is 3.60. The van der Waals surface area contributed by atoms with Gasteiger partial charge in [-0.15, -0.1) is 0 Å². The molecule has 1 heterocycles. The highest BCUT2D eigenvalue weighted by atomic mass is 127. The van der Waals surface area contributed by atoms with Gasteiger partial charge in [-0.25, -0.2) is 4.79 Å². The van der Waals surface area contributed by atoms with Crippen molar-refractivity contribution in [2.75, 3.05) is 13.1 Å². The third kappa shape index (κ3) is 5.66. The molecule has 0 radical (unpaired) electrons. The van der Waals surface area contributed by atoms with Crippen LogP contribution < -0.4 is 5.32 Å². The number of nitrogens with one attached hydrogen (secondary N) is 1. The molecule has 0 aliphatic carbocycles. The van der Waals surface area contributed by atoms with Crippen molar-refractivity contribution in [2.45, 2.75) is 45.2 Å². The summed E-state index contributed by atoms with van der Waals surface area (Å²) < 4.78 is 48.4. The average molecular weight is 532 g/mol. The number of ether oxygens (including phenoxy) is 1. The standard InChI is InChI=1S/C22H24F3IN2O2/c1-21(2,3)27-20(29)28-11-17(12-28)30-13-15-5-4-6-18(19(15)22(23,24)25)14-7-9-16(26)10-8-14/h4-10,17H,11-13H2,1-3H3,(H,27,29). The van der Waals surface area contributed by atoms with Crippen LogP contribution in [0.25, 0.3) is 11.1 Å². The van der Waals surface area contributed by atoms with E-state index >= 15 is 0 Å². The van der Waals surface area contributed by atoms with Crippen LogP contribution in [-0.2, 0) is 17.5 Å². The second-order valence-electron chi connectivity index (χ2n) is 8.36. The van der Waals surface area contributed by atoms with Gasteiger partial charge in [-0.05, 0) is 72.2 Å². The second kappa shape index (κ2) is 8.74. The lowest BCUT2D eigenvalue weighted by Crippen LogP contribution is -2.60. The lowest BCUT2D eigenvalue weighted by Gasteiger charge is -2.40. The minimum Gasteiger partial charge on any atom is -0.370 e. The molecular weight excluding hydrogens is 508 g/mol. The number of carbonyl (C=O) groups is 1. The molecule has 2 amide bonds. The number of rotatable bonds is 4. The maximum absolute atomic E-state index is 13.9. The Morgan fingerprint density at radius 3 is 2.33 bits per heavy atom. The molecule has 0 atom stereocenters. The number of urea groups is 1. The van der Waals surface area contributed by atoms with E-state index in [1.165, 1.54) is 12.1 Å². The fourth-order valence-electron chi connectivity index (χ4n) is 3.24. The monoisotopic (exact) mass is 532 g/mol. The predicted octanol–water partition coefficient (Wildman–Crippen LogP) is 5.69. The Kier molecular flexibility index (Phi) is 6.66. The molecule has 1 aliphatic heterocycles. The molecule has 0 unspecified atom stereocenters. The predicted molar refractivity (Wildman–Crippen MR) is 118 cm³/mol. The zero-order valence-electron chi connectivity index (χ0n) is 17.0. The number of benzene rings is 2. The maximum Gasteiger partial charge on any atom is 0.417 e. The molecule has 1 fully saturated rings. The number of amides is 2. The number of hydrogen-bond donors (Lipinski definition) is 1. The SMILES string of the molecule is CC(C)(C)NC(=O)N1CC(OCc2cccc(-c3ccc(I)cc3)c2C(F)(F)F)C1. The molecular formula is C22H24F3IN2O2. The van der Waals surface area contributed by atoms with Crippen molar-refractivity contribution in [3.8, 4) is 11.1 Å². The Morgan fingerprint density at radius 1 is 1.13 bits per heavy atom. The first kappa shape index (κ1) is 22.9. The topological polar surface area (TPSA) is 41.6 Å². The largest absolute Gasteiger partial charge is 0.417 e. The molecule has 1 N–H and O–H groups in total. The molecule has 30 heavy (non-hydrogen) atoms. The van der Waals surface area contributed by atoms with Crippen LogP contribution in [0.1, 0.15) is 31.9 Å². The number of halogens is 4. The first-order chi connectivity index (χ1) is 13.9. The smallest absolute Gasteiger partial charge is 0.370 e. The van der Waals surface area contributed by atoms with Gasteiger partial charge in [0.2, 0.25) is 0 Å². The molecule has 0 aromatic heterocycles. The Morgan fingerprint density at radius 2 is 1.77 bits per heavy atom. The van der Waals surface area contributed by atoms with E-state index in [2.05, 4.69) is 27.9 Å². The normalized spacial score (nSPS) is 15.1. The third-order valence-electron chi connectivity index (χ3n) is 4.68. The lowest BCUT2D eigenvalue weighted by molar-refractivity contribution is -0.139. The number of nitrogens with zero attached hydrogens (tertiary/aromatic N) is 1. The van der Waals surface area contributed by atoms with Gasteiger partial charge in [0, 0.05) is 9.11 Å². The Balaban J connectivity index is 1.71. The van der Waals surface area contributed by atoms with E-state index in [9.17, 15) is 18.0 Å². The van der Waals surface area contributed by atoms with Gasteiger partial charge in [-0.3, -0.25) is 0 Å². The van der Waals surface area contributed by atoms with Gasteiger partial charge in [0.1, 0.15) is 0 Å². The molecule has 0 bridgehead atoms. The van der Waals surface area contributed by atoms with Crippen LogP contribution >= 0.6 is 22.6 Å². The second-order valence-corrected chi connectivity index (χ2v) is 9.61. The number of hydrogen-bond acceptors (Lipinski definition) is 2. The van der Waals surface area contributed by atoms with Crippen LogP contribution in [-0.4, -0.2) is 35.7 Å². The van der Waals surface area contributed by atoms with Crippen LogP contribution in [0.15, 0.2) is 42.5 Å². The highest BCUT2D eigenvalue weighted by Crippen LogP contribution is 2.40. The molecule has 8 heteroatoms. The molecule has 4 nitrogen and oxygen atoms in total. The van der Waals surface area contributed by atoms with Crippen molar-refractivity contribution in [1.29, 1.82) is 0 Å². The summed E-state index contributed by atoms with van der Waals surface area (Å²) in [6, 6.07) is 11.3. The van der Waals surface area contributed by atoms with Crippen molar-refractivity contribution < 1.29 is 22.7 Å². The van der Waals surface area contributed by atoms with Gasteiger partial charge >= 0.3 is 12.2 Å². The van der Waals surface area contributed by atoms with E-state index in [1.807, 2.05) is 20.8 Å². The van der Waals surface area contributed by atoms with E-state index < -0.39 is 11.7 Å². The van der Waals surface area contributed by atoms with Gasteiger partial charge in [-0.2, -0.15) is 13.2 Å². The van der Waals surface area contributed by atoms with E-state index in [0.717, 1.165) is 3.57 Å². The summed E-state index contributed by atoms with van der Waals surface area (Å²) in [5.74, 6) is 0. The highest BCUT2D eigenvalue weighted by Gasteiger charge is 2.37. The first-order valence-corrected chi connectivity index (χ1v) is 10.7. The quantitative estimate of drug-likeness (QED) is 0.515. The minimum absolute atomic E-state index is 0.0937. The zero-order chi connectivity index (χ0) is 22.1. The van der Waals surface area contributed by atoms with E-state index in [1.54, 1.807) is 35.2 Å². The van der Waals surface area contributed by atoms with E-state index in [0.29, 0.717) is 18.7 Å².